The van der Waals surface area contributed by atoms with Gasteiger partial charge in [0.05, 0.1) is 24.0 Å². The Morgan fingerprint density at radius 2 is 1.90 bits per heavy atom. The largest absolute Gasteiger partial charge is 0.463 e. The van der Waals surface area contributed by atoms with Crippen LogP contribution in [0.2, 0.25) is 0 Å². The Morgan fingerprint density at radius 3 is 2.52 bits per heavy atom. The number of carbonyl (C=O) groups is 4. The monoisotopic (exact) mass is 294 g/mol. The second-order valence-electron chi connectivity index (χ2n) is 5.53. The highest BCUT2D eigenvalue weighted by molar-refractivity contribution is 6.06. The highest BCUT2D eigenvalue weighted by atomic mass is 16.6. The summed E-state index contributed by atoms with van der Waals surface area (Å²) < 4.78 is 14.9. The Labute approximate surface area is 120 Å². The fraction of sp³-hybridized carbons (Fsp3) is 0.571. The number of hydrogen-bond acceptors (Lipinski definition) is 7. The molecule has 4 aliphatic rings. The fourth-order valence-electron chi connectivity index (χ4n) is 3.66. The van der Waals surface area contributed by atoms with Crippen molar-refractivity contribution in [1.29, 1.82) is 0 Å². The summed E-state index contributed by atoms with van der Waals surface area (Å²) in [4.78, 5) is 48.0. The molecule has 0 aromatic carbocycles. The molecule has 2 saturated heterocycles. The van der Waals surface area contributed by atoms with E-state index < -0.39 is 47.2 Å². The SMILES string of the molecule is CCOC(=O)C1=C(C)[C@@H]2C(=O)O[C@@]1(C)[C@H]1C(=O)OC(=O)[C@@H]21. The first-order chi connectivity index (χ1) is 9.82. The maximum atomic E-state index is 12.2. The lowest BCUT2D eigenvalue weighted by atomic mass is 9.60. The Bertz CT molecular complexity index is 617. The van der Waals surface area contributed by atoms with E-state index in [4.69, 9.17) is 9.47 Å². The normalized spacial score (nSPS) is 37.3. The first kappa shape index (κ1) is 13.8. The minimum atomic E-state index is -1.52. The van der Waals surface area contributed by atoms with Gasteiger partial charge in [0.25, 0.3) is 0 Å². The topological polar surface area (TPSA) is 96.0 Å². The molecule has 1 aliphatic carbocycles. The zero-order chi connectivity index (χ0) is 15.5. The van der Waals surface area contributed by atoms with E-state index in [2.05, 4.69) is 4.74 Å². The van der Waals surface area contributed by atoms with Crippen LogP contribution in [0.5, 0.6) is 0 Å². The molecule has 7 nitrogen and oxygen atoms in total. The molecule has 0 aromatic rings. The number of hydrogen-bond donors (Lipinski definition) is 0. The standard InChI is InChI=1S/C14H14O7/c1-4-19-12(17)8-5(2)6-7-9(13(18)20-10(7)15)14(8,3)21-11(6)16/h6-7,9H,4H2,1-3H3/t6-,7-,9+,14+/m0/s1. The van der Waals surface area contributed by atoms with Gasteiger partial charge in [-0.3, -0.25) is 14.4 Å². The van der Waals surface area contributed by atoms with Gasteiger partial charge in [-0.25, -0.2) is 4.79 Å². The van der Waals surface area contributed by atoms with Crippen molar-refractivity contribution in [2.75, 3.05) is 6.61 Å². The first-order valence-corrected chi connectivity index (χ1v) is 6.69. The summed E-state index contributed by atoms with van der Waals surface area (Å²) in [5.41, 5.74) is -0.960. The van der Waals surface area contributed by atoms with E-state index in [1.165, 1.54) is 6.92 Å². The van der Waals surface area contributed by atoms with Crippen LogP contribution in [0.25, 0.3) is 0 Å². The minimum absolute atomic E-state index is 0.141. The predicted molar refractivity (Wildman–Crippen MR) is 65.4 cm³/mol. The van der Waals surface area contributed by atoms with Crippen molar-refractivity contribution in [2.24, 2.45) is 17.8 Å². The molecule has 0 aromatic heterocycles. The van der Waals surface area contributed by atoms with Crippen molar-refractivity contribution >= 4 is 23.9 Å². The molecule has 2 bridgehead atoms. The quantitative estimate of drug-likeness (QED) is 0.405. The Morgan fingerprint density at radius 1 is 1.24 bits per heavy atom. The molecule has 0 amide bonds. The number of cyclic esters (lactones) is 2. The van der Waals surface area contributed by atoms with E-state index >= 15 is 0 Å². The van der Waals surface area contributed by atoms with Gasteiger partial charge in [-0.1, -0.05) is 0 Å². The molecule has 0 N–H and O–H groups in total. The number of fused-ring (bicyclic) bond motifs is 1. The molecule has 21 heavy (non-hydrogen) atoms. The molecular formula is C14H14O7. The summed E-state index contributed by atoms with van der Waals surface area (Å²) in [6.07, 6.45) is 0. The average Bonchev–Trinajstić information content (AvgIpc) is 2.65. The summed E-state index contributed by atoms with van der Waals surface area (Å²) in [5, 5.41) is 0. The highest BCUT2D eigenvalue weighted by Crippen LogP contribution is 2.55. The molecule has 3 heterocycles. The molecular weight excluding hydrogens is 280 g/mol. The minimum Gasteiger partial charge on any atom is -0.463 e. The summed E-state index contributed by atoms with van der Waals surface area (Å²) in [7, 11) is 0. The van der Waals surface area contributed by atoms with Crippen LogP contribution in [0, 0.1) is 17.8 Å². The van der Waals surface area contributed by atoms with Crippen LogP contribution in [-0.4, -0.2) is 36.1 Å². The van der Waals surface area contributed by atoms with Crippen LogP contribution in [0.15, 0.2) is 11.1 Å². The van der Waals surface area contributed by atoms with Crippen molar-refractivity contribution < 1.29 is 33.4 Å². The van der Waals surface area contributed by atoms with E-state index in [1.807, 2.05) is 0 Å². The van der Waals surface area contributed by atoms with Crippen molar-refractivity contribution in [3.63, 3.8) is 0 Å². The van der Waals surface area contributed by atoms with Crippen LogP contribution in [0.4, 0.5) is 0 Å². The summed E-state index contributed by atoms with van der Waals surface area (Å²) in [5.74, 6) is -5.62. The van der Waals surface area contributed by atoms with Gasteiger partial charge in [0.2, 0.25) is 0 Å². The smallest absolute Gasteiger partial charge is 0.338 e. The van der Waals surface area contributed by atoms with E-state index in [9.17, 15) is 19.2 Å². The number of ether oxygens (including phenoxy) is 3. The molecule has 7 heteroatoms. The van der Waals surface area contributed by atoms with Crippen molar-refractivity contribution in [2.45, 2.75) is 26.4 Å². The zero-order valence-corrected chi connectivity index (χ0v) is 11.8. The maximum Gasteiger partial charge on any atom is 0.338 e. The van der Waals surface area contributed by atoms with Crippen molar-refractivity contribution in [3.8, 4) is 0 Å². The second kappa shape index (κ2) is 4.16. The molecule has 3 aliphatic heterocycles. The van der Waals surface area contributed by atoms with E-state index in [1.54, 1.807) is 13.8 Å². The molecule has 0 saturated carbocycles. The maximum absolute atomic E-state index is 12.2. The lowest BCUT2D eigenvalue weighted by molar-refractivity contribution is -0.188. The van der Waals surface area contributed by atoms with E-state index in [0.717, 1.165) is 0 Å². The lowest BCUT2D eigenvalue weighted by Crippen LogP contribution is -2.61. The zero-order valence-electron chi connectivity index (χ0n) is 11.8. The Balaban J connectivity index is 2.19. The molecule has 2 fully saturated rings. The third kappa shape index (κ3) is 1.54. The van der Waals surface area contributed by atoms with Gasteiger partial charge in [-0.05, 0) is 26.3 Å². The van der Waals surface area contributed by atoms with Crippen LogP contribution >= 0.6 is 0 Å². The molecule has 0 spiro atoms. The van der Waals surface area contributed by atoms with Gasteiger partial charge in [-0.2, -0.15) is 0 Å². The third-order valence-electron chi connectivity index (χ3n) is 4.44. The summed E-state index contributed by atoms with van der Waals surface area (Å²) in [6.45, 7) is 4.84. The first-order valence-electron chi connectivity index (χ1n) is 6.69. The van der Waals surface area contributed by atoms with Gasteiger partial charge < -0.3 is 14.2 Å². The van der Waals surface area contributed by atoms with Gasteiger partial charge in [0.1, 0.15) is 5.92 Å². The fourth-order valence-corrected chi connectivity index (χ4v) is 3.66. The summed E-state index contributed by atoms with van der Waals surface area (Å²) >= 11 is 0. The van der Waals surface area contributed by atoms with Gasteiger partial charge in [-0.15, -0.1) is 0 Å². The number of esters is 4. The molecule has 4 rings (SSSR count). The van der Waals surface area contributed by atoms with Gasteiger partial charge in [0.15, 0.2) is 5.60 Å². The highest BCUT2D eigenvalue weighted by Gasteiger charge is 2.70. The van der Waals surface area contributed by atoms with Crippen molar-refractivity contribution in [3.05, 3.63) is 11.1 Å². The van der Waals surface area contributed by atoms with Crippen molar-refractivity contribution in [1.82, 2.24) is 0 Å². The van der Waals surface area contributed by atoms with E-state index in [0.29, 0.717) is 5.57 Å². The predicted octanol–water partition coefficient (Wildman–Crippen LogP) is 0.127. The van der Waals surface area contributed by atoms with Crippen LogP contribution in [0.1, 0.15) is 20.8 Å². The molecule has 112 valence electrons. The Hall–Kier alpha value is -2.18. The number of rotatable bonds is 2. The lowest BCUT2D eigenvalue weighted by Gasteiger charge is -2.48. The number of carbonyl (C=O) groups excluding carboxylic acids is 4. The summed E-state index contributed by atoms with van der Waals surface area (Å²) in [6, 6.07) is 0. The average molecular weight is 294 g/mol. The van der Waals surface area contributed by atoms with Gasteiger partial charge in [0, 0.05) is 0 Å². The second-order valence-corrected chi connectivity index (χ2v) is 5.53. The molecule has 4 atom stereocenters. The molecule has 0 radical (unpaired) electrons. The van der Waals surface area contributed by atoms with E-state index in [-0.39, 0.29) is 12.2 Å². The van der Waals surface area contributed by atoms with Crippen LogP contribution in [0.3, 0.4) is 0 Å². The Kier molecular flexibility index (Phi) is 2.73. The van der Waals surface area contributed by atoms with Crippen LogP contribution in [-0.2, 0) is 33.4 Å². The molecule has 0 unspecified atom stereocenters. The third-order valence-corrected chi connectivity index (χ3v) is 4.44. The van der Waals surface area contributed by atoms with Gasteiger partial charge >= 0.3 is 23.9 Å². The van der Waals surface area contributed by atoms with Crippen LogP contribution < -0.4 is 0 Å².